The molecular weight excluding hydrogens is 606 g/mol. The van der Waals surface area contributed by atoms with E-state index < -0.39 is 0 Å². The number of benzene rings is 2. The second kappa shape index (κ2) is 18.1. The molecule has 0 unspecified atom stereocenters. The second-order valence-electron chi connectivity index (χ2n) is 12.6. The number of rotatable bonds is 16. The topological polar surface area (TPSA) is 59.7 Å². The molecule has 2 heterocycles. The highest BCUT2D eigenvalue weighted by molar-refractivity contribution is 5.83. The van der Waals surface area contributed by atoms with Crippen molar-refractivity contribution in [2.45, 2.75) is 53.5 Å². The Hall–Kier alpha value is -4.78. The summed E-state index contributed by atoms with van der Waals surface area (Å²) in [6, 6.07) is 17.9. The highest BCUT2D eigenvalue weighted by Gasteiger charge is 2.16. The third kappa shape index (κ3) is 10.1. The summed E-state index contributed by atoms with van der Waals surface area (Å²) in [5, 5.41) is 13.3. The van der Waals surface area contributed by atoms with Crippen LogP contribution in [0.15, 0.2) is 109 Å². The Labute approximate surface area is 292 Å². The summed E-state index contributed by atoms with van der Waals surface area (Å²) < 4.78 is 15.0. The van der Waals surface area contributed by atoms with Crippen molar-refractivity contribution in [2.24, 2.45) is 0 Å². The van der Waals surface area contributed by atoms with E-state index in [0.717, 1.165) is 99.0 Å². The first-order chi connectivity index (χ1) is 23.7. The Balaban J connectivity index is 1.65. The standard InChI is InChI=1S/C43H52FN5/c1-9-17-38(36-24-34(25-37(44)26-36)20-16-21-49(7)8)39-27-42(46-31(39)6)43-40(41(12-4)47-48-43)22-30(5)35(11-3)23-32(10-2)28-45-29-33-18-14-13-15-19-33/h10-15,17-19,22-27,45-47H,2,5,9,16,20-21,28-29H2,1,3-4,6-8H3/b32-23+,35-11+,38-17-,40-22+,41-12+. The minimum absolute atomic E-state index is 0.209. The highest BCUT2D eigenvalue weighted by atomic mass is 19.1. The van der Waals surface area contributed by atoms with Gasteiger partial charge >= 0.3 is 0 Å². The van der Waals surface area contributed by atoms with E-state index in [1.54, 1.807) is 12.1 Å². The molecule has 4 aromatic rings. The smallest absolute Gasteiger partial charge is 0.124 e. The summed E-state index contributed by atoms with van der Waals surface area (Å²) in [4.78, 5) is 5.74. The van der Waals surface area contributed by atoms with Crippen LogP contribution in [0.25, 0.3) is 29.1 Å². The first-order valence-electron chi connectivity index (χ1n) is 17.2. The molecule has 3 N–H and O–H groups in total. The molecule has 0 aliphatic heterocycles. The molecule has 0 spiro atoms. The van der Waals surface area contributed by atoms with Crippen LogP contribution in [0.5, 0.6) is 0 Å². The van der Waals surface area contributed by atoms with Crippen molar-refractivity contribution in [2.75, 3.05) is 27.2 Å². The van der Waals surface area contributed by atoms with Gasteiger partial charge in [-0.2, -0.15) is 5.10 Å². The first-order valence-corrected chi connectivity index (χ1v) is 17.2. The summed E-state index contributed by atoms with van der Waals surface area (Å²) in [5.41, 5.74) is 10.8. The summed E-state index contributed by atoms with van der Waals surface area (Å²) in [5.74, 6) is -0.209. The SMILES string of the molecule is C=C/C(=C\C(=C/C)C(=C)/C=c1/c(-c2cc(/C(=C\CC)c3cc(F)cc(CCCN(C)C)c3)c(C)[nH]2)n[nH]/c1=C/C)CNCc1ccccc1. The Morgan fingerprint density at radius 1 is 1.06 bits per heavy atom. The maximum Gasteiger partial charge on any atom is 0.124 e. The van der Waals surface area contributed by atoms with Crippen LogP contribution < -0.4 is 15.9 Å². The predicted molar refractivity (Wildman–Crippen MR) is 207 cm³/mol. The number of allylic oxidation sites excluding steroid dienone is 5. The number of aromatic amines is 2. The lowest BCUT2D eigenvalue weighted by Crippen LogP contribution is -2.23. The van der Waals surface area contributed by atoms with Gasteiger partial charge < -0.3 is 15.2 Å². The molecule has 2 aromatic carbocycles. The van der Waals surface area contributed by atoms with Crippen LogP contribution in [0.2, 0.25) is 0 Å². The average Bonchev–Trinajstić information content (AvgIpc) is 3.67. The van der Waals surface area contributed by atoms with Gasteiger partial charge in [0.15, 0.2) is 0 Å². The normalized spacial score (nSPS) is 13.5. The van der Waals surface area contributed by atoms with Gasteiger partial charge in [-0.1, -0.05) is 86.9 Å². The van der Waals surface area contributed by atoms with Crippen LogP contribution in [0, 0.1) is 12.7 Å². The van der Waals surface area contributed by atoms with Crippen LogP contribution in [-0.4, -0.2) is 47.3 Å². The monoisotopic (exact) mass is 657 g/mol. The highest BCUT2D eigenvalue weighted by Crippen LogP contribution is 2.31. The molecule has 6 heteroatoms. The Bertz CT molecular complexity index is 1950. The zero-order chi connectivity index (χ0) is 35.3. The Morgan fingerprint density at radius 3 is 2.51 bits per heavy atom. The van der Waals surface area contributed by atoms with E-state index in [-0.39, 0.29) is 5.82 Å². The lowest BCUT2D eigenvalue weighted by molar-refractivity contribution is 0.400. The van der Waals surface area contributed by atoms with E-state index in [4.69, 9.17) is 5.10 Å². The van der Waals surface area contributed by atoms with Crippen molar-refractivity contribution in [3.05, 3.63) is 153 Å². The summed E-state index contributed by atoms with van der Waals surface area (Å²) in [6.07, 6.45) is 15.0. The van der Waals surface area contributed by atoms with E-state index in [2.05, 4.69) is 122 Å². The molecule has 4 rings (SSSR count). The molecule has 0 fully saturated rings. The van der Waals surface area contributed by atoms with Crippen LogP contribution in [0.1, 0.15) is 61.6 Å². The first kappa shape index (κ1) is 37.0. The minimum atomic E-state index is -0.209. The van der Waals surface area contributed by atoms with Crippen molar-refractivity contribution in [1.82, 2.24) is 25.4 Å². The fourth-order valence-corrected chi connectivity index (χ4v) is 5.99. The van der Waals surface area contributed by atoms with Crippen LogP contribution >= 0.6 is 0 Å². The molecule has 0 saturated heterocycles. The van der Waals surface area contributed by atoms with Gasteiger partial charge in [0, 0.05) is 29.6 Å². The molecule has 0 radical (unpaired) electrons. The number of nitrogens with one attached hydrogen (secondary N) is 3. The number of aryl methyl sites for hydroxylation is 2. The Morgan fingerprint density at radius 2 is 1.84 bits per heavy atom. The molecule has 5 nitrogen and oxygen atoms in total. The molecule has 0 aliphatic rings. The fraction of sp³-hybridized carbons (Fsp3) is 0.279. The van der Waals surface area contributed by atoms with Crippen molar-refractivity contribution in [1.29, 1.82) is 0 Å². The average molecular weight is 658 g/mol. The number of aromatic nitrogens is 3. The maximum atomic E-state index is 15.0. The zero-order valence-corrected chi connectivity index (χ0v) is 30.1. The van der Waals surface area contributed by atoms with Crippen LogP contribution in [0.3, 0.4) is 0 Å². The van der Waals surface area contributed by atoms with E-state index in [9.17, 15) is 4.39 Å². The summed E-state index contributed by atoms with van der Waals surface area (Å²) in [7, 11) is 4.13. The number of H-pyrrole nitrogens is 2. The van der Waals surface area contributed by atoms with Gasteiger partial charge in [0.2, 0.25) is 0 Å². The van der Waals surface area contributed by atoms with Crippen LogP contribution in [0.4, 0.5) is 4.39 Å². The van der Waals surface area contributed by atoms with Crippen molar-refractivity contribution < 1.29 is 4.39 Å². The van der Waals surface area contributed by atoms with Gasteiger partial charge in [-0.25, -0.2) is 4.39 Å². The van der Waals surface area contributed by atoms with Gasteiger partial charge in [-0.05, 0) is 124 Å². The van der Waals surface area contributed by atoms with Gasteiger partial charge in [0.05, 0.1) is 11.0 Å². The van der Waals surface area contributed by atoms with E-state index >= 15 is 0 Å². The minimum Gasteiger partial charge on any atom is -0.357 e. The quantitative estimate of drug-likeness (QED) is 0.107. The number of hydrogen-bond acceptors (Lipinski definition) is 3. The largest absolute Gasteiger partial charge is 0.357 e. The molecule has 256 valence electrons. The summed E-state index contributed by atoms with van der Waals surface area (Å²) in [6.45, 7) is 19.1. The molecule has 0 saturated carbocycles. The molecule has 0 bridgehead atoms. The fourth-order valence-electron chi connectivity index (χ4n) is 5.99. The predicted octanol–water partition coefficient (Wildman–Crippen LogP) is 8.17. The van der Waals surface area contributed by atoms with Gasteiger partial charge in [0.25, 0.3) is 0 Å². The lowest BCUT2D eigenvalue weighted by atomic mass is 9.94. The molecule has 49 heavy (non-hydrogen) atoms. The lowest BCUT2D eigenvalue weighted by Gasteiger charge is -2.12. The van der Waals surface area contributed by atoms with Crippen molar-refractivity contribution >= 4 is 17.7 Å². The van der Waals surface area contributed by atoms with Gasteiger partial charge in [0.1, 0.15) is 11.5 Å². The van der Waals surface area contributed by atoms with Crippen LogP contribution in [-0.2, 0) is 13.0 Å². The molecule has 0 aliphatic carbocycles. The van der Waals surface area contributed by atoms with Gasteiger partial charge in [-0.15, -0.1) is 0 Å². The molecule has 2 aromatic heterocycles. The van der Waals surface area contributed by atoms with Crippen molar-refractivity contribution in [3.63, 3.8) is 0 Å². The Kier molecular flexibility index (Phi) is 13.7. The second-order valence-corrected chi connectivity index (χ2v) is 12.6. The molecular formula is C43H52FN5. The third-order valence-corrected chi connectivity index (χ3v) is 8.53. The number of halogens is 1. The van der Waals surface area contributed by atoms with Gasteiger partial charge in [-0.3, -0.25) is 5.10 Å². The van der Waals surface area contributed by atoms with E-state index in [1.807, 2.05) is 32.1 Å². The number of nitrogens with zero attached hydrogens (tertiary/aromatic N) is 2. The third-order valence-electron chi connectivity index (χ3n) is 8.53. The van der Waals surface area contributed by atoms with E-state index in [1.165, 1.54) is 5.56 Å². The van der Waals surface area contributed by atoms with E-state index in [0.29, 0.717) is 6.54 Å². The maximum absolute atomic E-state index is 15.0. The molecule has 0 amide bonds. The number of hydrogen-bond donors (Lipinski definition) is 3. The molecule has 0 atom stereocenters. The van der Waals surface area contributed by atoms with Crippen molar-refractivity contribution in [3.8, 4) is 11.4 Å². The zero-order valence-electron chi connectivity index (χ0n) is 30.1. The summed E-state index contributed by atoms with van der Waals surface area (Å²) >= 11 is 0.